The fraction of sp³-hybridized carbons (Fsp3) is 0.565. The number of anilines is 2. The molecule has 7 heteroatoms. The number of pyridine rings is 1. The highest BCUT2D eigenvalue weighted by Crippen LogP contribution is 2.32. The van der Waals surface area contributed by atoms with E-state index in [4.69, 9.17) is 4.98 Å². The highest BCUT2D eigenvalue weighted by molar-refractivity contribution is 5.78. The third-order valence-electron chi connectivity index (χ3n) is 5.96. The van der Waals surface area contributed by atoms with E-state index in [2.05, 4.69) is 26.3 Å². The van der Waals surface area contributed by atoms with Crippen LogP contribution in [0.25, 0.3) is 0 Å². The minimum atomic E-state index is 0.180. The van der Waals surface area contributed by atoms with Crippen LogP contribution in [0.3, 0.4) is 0 Å². The number of rotatable bonds is 5. The fourth-order valence-electron chi connectivity index (χ4n) is 4.62. The highest BCUT2D eigenvalue weighted by Gasteiger charge is 2.30. The summed E-state index contributed by atoms with van der Waals surface area (Å²) >= 11 is 0. The second kappa shape index (κ2) is 9.08. The smallest absolute Gasteiger partial charge is 0.236 e. The Morgan fingerprint density at radius 3 is 2.37 bits per heavy atom. The standard InChI is InChI=1S/C23H32N6O/c1-16-12-17(2)26-23(25-16)27-19-13-18(3)24-20(14-19)21-8-7-11-29(21)15-22(30)28-9-5-4-6-10-28/h12-14,21H,4-11,15H2,1-3H3,(H,24,25,26,27). The van der Waals surface area contributed by atoms with Crippen molar-refractivity contribution in [3.63, 3.8) is 0 Å². The van der Waals surface area contributed by atoms with Crippen molar-refractivity contribution >= 4 is 17.5 Å². The molecule has 2 aromatic heterocycles. The number of likely N-dealkylation sites (tertiary alicyclic amines) is 2. The van der Waals surface area contributed by atoms with Gasteiger partial charge in [-0.1, -0.05) is 0 Å². The number of nitrogens with one attached hydrogen (secondary N) is 1. The van der Waals surface area contributed by atoms with Crippen molar-refractivity contribution in [3.8, 4) is 0 Å². The Morgan fingerprint density at radius 2 is 1.63 bits per heavy atom. The Labute approximate surface area is 178 Å². The first-order chi connectivity index (χ1) is 14.5. The summed E-state index contributed by atoms with van der Waals surface area (Å²) in [5.41, 5.74) is 4.79. The van der Waals surface area contributed by atoms with Gasteiger partial charge >= 0.3 is 0 Å². The lowest BCUT2D eigenvalue weighted by Crippen LogP contribution is -2.42. The molecule has 4 heterocycles. The minimum Gasteiger partial charge on any atom is -0.342 e. The molecule has 0 saturated carbocycles. The van der Waals surface area contributed by atoms with Crippen LogP contribution in [0.4, 0.5) is 11.6 Å². The first kappa shape index (κ1) is 20.7. The van der Waals surface area contributed by atoms with Gasteiger partial charge in [0.05, 0.1) is 18.3 Å². The molecule has 30 heavy (non-hydrogen) atoms. The molecule has 2 saturated heterocycles. The number of nitrogens with zero attached hydrogens (tertiary/aromatic N) is 5. The van der Waals surface area contributed by atoms with Crippen LogP contribution in [0.1, 0.15) is 60.9 Å². The molecule has 160 valence electrons. The lowest BCUT2D eigenvalue weighted by molar-refractivity contribution is -0.133. The summed E-state index contributed by atoms with van der Waals surface area (Å²) in [6.45, 7) is 9.20. The van der Waals surface area contributed by atoms with E-state index in [9.17, 15) is 4.79 Å². The lowest BCUT2D eigenvalue weighted by Gasteiger charge is -2.30. The molecule has 0 spiro atoms. The maximum Gasteiger partial charge on any atom is 0.236 e. The zero-order valence-electron chi connectivity index (χ0n) is 18.3. The molecule has 2 aliphatic heterocycles. The maximum atomic E-state index is 12.8. The molecule has 1 unspecified atom stereocenters. The summed E-state index contributed by atoms with van der Waals surface area (Å²) in [5, 5.41) is 3.34. The van der Waals surface area contributed by atoms with Crippen molar-refractivity contribution in [1.82, 2.24) is 24.8 Å². The average Bonchev–Trinajstić information content (AvgIpc) is 3.15. The van der Waals surface area contributed by atoms with Crippen LogP contribution in [-0.2, 0) is 4.79 Å². The number of aromatic nitrogens is 3. The van der Waals surface area contributed by atoms with E-state index < -0.39 is 0 Å². The van der Waals surface area contributed by atoms with Gasteiger partial charge in [0, 0.05) is 35.9 Å². The molecule has 1 N–H and O–H groups in total. The van der Waals surface area contributed by atoms with Gasteiger partial charge in [-0.25, -0.2) is 9.97 Å². The number of carbonyl (C=O) groups excluding carboxylic acids is 1. The molecule has 4 rings (SSSR count). The van der Waals surface area contributed by atoms with Crippen molar-refractivity contribution in [3.05, 3.63) is 41.0 Å². The number of hydrogen-bond donors (Lipinski definition) is 1. The second-order valence-corrected chi connectivity index (χ2v) is 8.59. The van der Waals surface area contributed by atoms with Crippen LogP contribution >= 0.6 is 0 Å². The predicted molar refractivity (Wildman–Crippen MR) is 118 cm³/mol. The summed E-state index contributed by atoms with van der Waals surface area (Å²) in [5.74, 6) is 0.865. The molecule has 2 fully saturated rings. The lowest BCUT2D eigenvalue weighted by atomic mass is 10.1. The van der Waals surface area contributed by atoms with E-state index in [1.165, 1.54) is 6.42 Å². The zero-order valence-corrected chi connectivity index (χ0v) is 18.3. The molecule has 0 radical (unpaired) electrons. The number of aryl methyl sites for hydroxylation is 3. The fourth-order valence-corrected chi connectivity index (χ4v) is 4.62. The van der Waals surface area contributed by atoms with Crippen molar-refractivity contribution < 1.29 is 4.79 Å². The van der Waals surface area contributed by atoms with Gasteiger partial charge in [0.1, 0.15) is 0 Å². The van der Waals surface area contributed by atoms with Gasteiger partial charge < -0.3 is 10.2 Å². The summed E-state index contributed by atoms with van der Waals surface area (Å²) < 4.78 is 0. The third-order valence-corrected chi connectivity index (χ3v) is 5.96. The van der Waals surface area contributed by atoms with Gasteiger partial charge in [-0.05, 0) is 77.6 Å². The Balaban J connectivity index is 1.50. The first-order valence-corrected chi connectivity index (χ1v) is 11.1. The highest BCUT2D eigenvalue weighted by atomic mass is 16.2. The minimum absolute atomic E-state index is 0.180. The van der Waals surface area contributed by atoms with Gasteiger partial charge in [0.2, 0.25) is 11.9 Å². The van der Waals surface area contributed by atoms with E-state index in [0.717, 1.165) is 73.8 Å². The van der Waals surface area contributed by atoms with Crippen molar-refractivity contribution in [1.29, 1.82) is 0 Å². The van der Waals surface area contributed by atoms with Crippen LogP contribution in [0.2, 0.25) is 0 Å². The molecule has 7 nitrogen and oxygen atoms in total. The summed E-state index contributed by atoms with van der Waals surface area (Å²) in [6.07, 6.45) is 5.62. The molecule has 0 bridgehead atoms. The van der Waals surface area contributed by atoms with Gasteiger partial charge in [0.15, 0.2) is 0 Å². The summed E-state index contributed by atoms with van der Waals surface area (Å²) in [4.78, 5) is 30.9. The van der Waals surface area contributed by atoms with E-state index in [1.54, 1.807) is 0 Å². The Kier molecular flexibility index (Phi) is 6.27. The normalized spacial score (nSPS) is 19.8. The van der Waals surface area contributed by atoms with Crippen LogP contribution in [0.15, 0.2) is 18.2 Å². The first-order valence-electron chi connectivity index (χ1n) is 11.1. The largest absolute Gasteiger partial charge is 0.342 e. The van der Waals surface area contributed by atoms with Gasteiger partial charge in [-0.15, -0.1) is 0 Å². The van der Waals surface area contributed by atoms with Gasteiger partial charge in [0.25, 0.3) is 0 Å². The predicted octanol–water partition coefficient (Wildman–Crippen LogP) is 3.69. The maximum absolute atomic E-state index is 12.8. The molecule has 1 atom stereocenters. The molecule has 1 amide bonds. The molecule has 0 aliphatic carbocycles. The molecule has 0 aromatic carbocycles. The number of carbonyl (C=O) groups is 1. The van der Waals surface area contributed by atoms with E-state index >= 15 is 0 Å². The average molecular weight is 409 g/mol. The molecule has 2 aromatic rings. The number of amides is 1. The molecular weight excluding hydrogens is 376 g/mol. The van der Waals surface area contributed by atoms with E-state index in [1.807, 2.05) is 37.8 Å². The van der Waals surface area contributed by atoms with Crippen molar-refractivity contribution in [2.75, 3.05) is 31.5 Å². The quantitative estimate of drug-likeness (QED) is 0.813. The summed E-state index contributed by atoms with van der Waals surface area (Å²) in [6, 6.07) is 6.24. The van der Waals surface area contributed by atoms with Crippen LogP contribution in [-0.4, -0.2) is 56.8 Å². The van der Waals surface area contributed by atoms with E-state index in [0.29, 0.717) is 12.5 Å². The second-order valence-electron chi connectivity index (χ2n) is 8.59. The Morgan fingerprint density at radius 1 is 0.933 bits per heavy atom. The Bertz CT molecular complexity index is 888. The van der Waals surface area contributed by atoms with Crippen LogP contribution in [0.5, 0.6) is 0 Å². The molecule has 2 aliphatic rings. The third kappa shape index (κ3) is 4.95. The van der Waals surface area contributed by atoms with Gasteiger partial charge in [-0.2, -0.15) is 0 Å². The van der Waals surface area contributed by atoms with Crippen LogP contribution < -0.4 is 5.32 Å². The topological polar surface area (TPSA) is 74.2 Å². The monoisotopic (exact) mass is 408 g/mol. The van der Waals surface area contributed by atoms with Crippen molar-refractivity contribution in [2.45, 2.75) is 58.9 Å². The molecular formula is C23H32N6O. The number of piperidine rings is 1. The zero-order chi connectivity index (χ0) is 21.1. The van der Waals surface area contributed by atoms with Crippen LogP contribution in [0, 0.1) is 20.8 Å². The summed E-state index contributed by atoms with van der Waals surface area (Å²) in [7, 11) is 0. The SMILES string of the molecule is Cc1cc(Nc2nc(C)cc(C)n2)cc(C2CCCN2CC(=O)N2CCCCC2)n1. The van der Waals surface area contributed by atoms with Crippen molar-refractivity contribution in [2.24, 2.45) is 0 Å². The Hall–Kier alpha value is -2.54. The van der Waals surface area contributed by atoms with E-state index in [-0.39, 0.29) is 11.9 Å². The van der Waals surface area contributed by atoms with Gasteiger partial charge in [-0.3, -0.25) is 14.7 Å². The number of hydrogen-bond acceptors (Lipinski definition) is 6.